The van der Waals surface area contributed by atoms with E-state index >= 15 is 0 Å². The Morgan fingerprint density at radius 3 is 2.62 bits per heavy atom. The lowest BCUT2D eigenvalue weighted by atomic mass is 9.96. The van der Waals surface area contributed by atoms with Crippen LogP contribution in [0.15, 0.2) is 29.6 Å². The molecule has 0 amide bonds. The number of hydrogen-bond donors (Lipinski definition) is 0. The van der Waals surface area contributed by atoms with E-state index in [0.717, 1.165) is 51.3 Å². The number of hydrogen-bond acceptors (Lipinski definition) is 5. The van der Waals surface area contributed by atoms with Gasteiger partial charge in [-0.05, 0) is 44.7 Å². The third-order valence-electron chi connectivity index (χ3n) is 5.18. The van der Waals surface area contributed by atoms with Gasteiger partial charge in [0.2, 0.25) is 0 Å². The minimum atomic E-state index is 0.112. The Morgan fingerprint density at radius 2 is 1.96 bits per heavy atom. The van der Waals surface area contributed by atoms with Gasteiger partial charge in [0.25, 0.3) is 5.56 Å². The molecular weight excluding hydrogens is 304 g/mol. The molecular formula is C17H24N6O. The highest BCUT2D eigenvalue weighted by atomic mass is 16.1. The van der Waals surface area contributed by atoms with E-state index in [1.54, 1.807) is 23.2 Å². The molecule has 2 aliphatic rings. The fraction of sp³-hybridized carbons (Fsp3) is 0.647. The Morgan fingerprint density at radius 1 is 1.12 bits per heavy atom. The summed E-state index contributed by atoms with van der Waals surface area (Å²) in [4.78, 5) is 19.2. The van der Waals surface area contributed by atoms with Crippen LogP contribution in [0.3, 0.4) is 0 Å². The molecule has 0 unspecified atom stereocenters. The highest BCUT2D eigenvalue weighted by Gasteiger charge is 2.26. The van der Waals surface area contributed by atoms with Crippen molar-refractivity contribution in [2.45, 2.75) is 44.7 Å². The molecule has 24 heavy (non-hydrogen) atoms. The van der Waals surface area contributed by atoms with Crippen LogP contribution in [-0.4, -0.2) is 49.1 Å². The van der Waals surface area contributed by atoms with Crippen LogP contribution in [-0.2, 0) is 13.1 Å². The third-order valence-corrected chi connectivity index (χ3v) is 5.18. The molecule has 1 aliphatic heterocycles. The zero-order chi connectivity index (χ0) is 16.4. The van der Waals surface area contributed by atoms with E-state index in [-0.39, 0.29) is 5.56 Å². The molecule has 1 saturated carbocycles. The van der Waals surface area contributed by atoms with Crippen LogP contribution >= 0.6 is 0 Å². The summed E-state index contributed by atoms with van der Waals surface area (Å²) < 4.78 is 3.67. The first-order valence-electron chi connectivity index (χ1n) is 8.91. The largest absolute Gasteiger partial charge is 0.301 e. The molecule has 1 aliphatic carbocycles. The van der Waals surface area contributed by atoms with Gasteiger partial charge in [-0.2, -0.15) is 0 Å². The Hall–Kier alpha value is -2.02. The van der Waals surface area contributed by atoms with E-state index in [2.05, 4.69) is 20.2 Å². The van der Waals surface area contributed by atoms with Crippen LogP contribution in [0.1, 0.15) is 37.3 Å². The van der Waals surface area contributed by atoms with Crippen LogP contribution < -0.4 is 5.56 Å². The first-order chi connectivity index (χ1) is 11.8. The lowest BCUT2D eigenvalue weighted by Gasteiger charge is -2.32. The van der Waals surface area contributed by atoms with Crippen LogP contribution in [0, 0.1) is 5.92 Å². The predicted molar refractivity (Wildman–Crippen MR) is 89.7 cm³/mol. The summed E-state index contributed by atoms with van der Waals surface area (Å²) in [5, 5.41) is 7.83. The second-order valence-corrected chi connectivity index (χ2v) is 7.03. The Balaban J connectivity index is 1.26. The van der Waals surface area contributed by atoms with Crippen molar-refractivity contribution in [1.82, 2.24) is 29.4 Å². The average Bonchev–Trinajstić information content (AvgIpc) is 3.32. The summed E-state index contributed by atoms with van der Waals surface area (Å²) >= 11 is 0. The number of likely N-dealkylation sites (tertiary alicyclic amines) is 1. The van der Waals surface area contributed by atoms with Gasteiger partial charge in [0, 0.05) is 31.3 Å². The lowest BCUT2D eigenvalue weighted by molar-refractivity contribution is 0.166. The molecule has 4 rings (SSSR count). The number of piperidine rings is 1. The van der Waals surface area contributed by atoms with Gasteiger partial charge in [-0.15, -0.1) is 5.10 Å². The Labute approximate surface area is 141 Å². The van der Waals surface area contributed by atoms with E-state index in [4.69, 9.17) is 0 Å². The summed E-state index contributed by atoms with van der Waals surface area (Å²) in [7, 11) is 0. The highest BCUT2D eigenvalue weighted by Crippen LogP contribution is 2.38. The quantitative estimate of drug-likeness (QED) is 0.795. The first kappa shape index (κ1) is 15.5. The van der Waals surface area contributed by atoms with Crippen molar-refractivity contribution in [3.05, 3.63) is 40.8 Å². The van der Waals surface area contributed by atoms with Gasteiger partial charge in [0.15, 0.2) is 0 Å². The summed E-state index contributed by atoms with van der Waals surface area (Å²) in [6.07, 6.45) is 10.0. The molecule has 0 N–H and O–H groups in total. The van der Waals surface area contributed by atoms with Gasteiger partial charge in [-0.3, -0.25) is 14.0 Å². The number of rotatable bonds is 6. The van der Waals surface area contributed by atoms with E-state index in [0.29, 0.717) is 11.8 Å². The van der Waals surface area contributed by atoms with E-state index in [9.17, 15) is 4.79 Å². The van der Waals surface area contributed by atoms with Gasteiger partial charge >= 0.3 is 0 Å². The van der Waals surface area contributed by atoms with Crippen molar-refractivity contribution in [3.63, 3.8) is 0 Å². The minimum Gasteiger partial charge on any atom is -0.301 e. The zero-order valence-electron chi connectivity index (χ0n) is 13.9. The summed E-state index contributed by atoms with van der Waals surface area (Å²) in [6, 6.07) is 1.74. The van der Waals surface area contributed by atoms with Crippen molar-refractivity contribution >= 4 is 0 Å². The number of nitrogens with zero attached hydrogens (tertiary/aromatic N) is 6. The van der Waals surface area contributed by atoms with E-state index in [1.165, 1.54) is 12.8 Å². The average molecular weight is 328 g/mol. The van der Waals surface area contributed by atoms with Gasteiger partial charge in [-0.25, -0.2) is 4.98 Å². The van der Waals surface area contributed by atoms with Crippen LogP contribution in [0.25, 0.3) is 0 Å². The van der Waals surface area contributed by atoms with Crippen molar-refractivity contribution in [2.75, 3.05) is 19.6 Å². The SMILES string of the molecule is O=c1cc(C2CC2)ncn1CC1CCN(CCn2ccnn2)CC1. The smallest absolute Gasteiger partial charge is 0.253 e. The molecule has 2 aromatic rings. The minimum absolute atomic E-state index is 0.112. The molecule has 0 radical (unpaired) electrons. The van der Waals surface area contributed by atoms with Crippen LogP contribution in [0.5, 0.6) is 0 Å². The molecule has 0 bridgehead atoms. The van der Waals surface area contributed by atoms with E-state index < -0.39 is 0 Å². The monoisotopic (exact) mass is 328 g/mol. The first-order valence-corrected chi connectivity index (χ1v) is 8.91. The molecule has 0 spiro atoms. The maximum atomic E-state index is 12.2. The highest BCUT2D eigenvalue weighted by molar-refractivity contribution is 5.12. The van der Waals surface area contributed by atoms with Crippen molar-refractivity contribution in [2.24, 2.45) is 5.92 Å². The normalized spacial score (nSPS) is 19.7. The summed E-state index contributed by atoms with van der Waals surface area (Å²) in [6.45, 7) is 4.86. The summed E-state index contributed by atoms with van der Waals surface area (Å²) in [5.74, 6) is 1.11. The molecule has 2 fully saturated rings. The maximum Gasteiger partial charge on any atom is 0.253 e. The topological polar surface area (TPSA) is 68.8 Å². The lowest BCUT2D eigenvalue weighted by Crippen LogP contribution is -2.38. The molecule has 7 nitrogen and oxygen atoms in total. The molecule has 1 saturated heterocycles. The zero-order valence-corrected chi connectivity index (χ0v) is 13.9. The standard InChI is InChI=1S/C17H24N6O/c24-17-11-16(15-1-2-15)18-13-22(17)12-14-3-6-21(7-4-14)9-10-23-8-5-19-20-23/h5,8,11,13-15H,1-4,6-7,9-10,12H2. The number of aromatic nitrogens is 5. The molecule has 7 heteroatoms. The Bertz CT molecular complexity index is 713. The van der Waals surface area contributed by atoms with Gasteiger partial charge < -0.3 is 4.90 Å². The van der Waals surface area contributed by atoms with Crippen LogP contribution in [0.2, 0.25) is 0 Å². The molecule has 0 aromatic carbocycles. The molecule has 0 atom stereocenters. The molecule has 2 aromatic heterocycles. The van der Waals surface area contributed by atoms with Gasteiger partial charge in [0.05, 0.1) is 24.8 Å². The van der Waals surface area contributed by atoms with Crippen molar-refractivity contribution in [3.8, 4) is 0 Å². The summed E-state index contributed by atoms with van der Waals surface area (Å²) in [5.41, 5.74) is 1.10. The molecule has 128 valence electrons. The maximum absolute atomic E-state index is 12.2. The second kappa shape index (κ2) is 6.84. The predicted octanol–water partition coefficient (Wildman–Crippen LogP) is 1.12. The van der Waals surface area contributed by atoms with Crippen LogP contribution in [0.4, 0.5) is 0 Å². The van der Waals surface area contributed by atoms with Crippen molar-refractivity contribution < 1.29 is 0 Å². The fourth-order valence-corrected chi connectivity index (χ4v) is 3.45. The fourth-order valence-electron chi connectivity index (χ4n) is 3.45. The second-order valence-electron chi connectivity index (χ2n) is 7.03. The van der Waals surface area contributed by atoms with E-state index in [1.807, 2.05) is 10.9 Å². The van der Waals surface area contributed by atoms with Gasteiger partial charge in [-0.1, -0.05) is 5.21 Å². The third kappa shape index (κ3) is 3.72. The molecule has 3 heterocycles. The van der Waals surface area contributed by atoms with Crippen molar-refractivity contribution in [1.29, 1.82) is 0 Å². The van der Waals surface area contributed by atoms with Gasteiger partial charge in [0.1, 0.15) is 0 Å². The Kier molecular flexibility index (Phi) is 4.42.